The van der Waals surface area contributed by atoms with Gasteiger partial charge in [-0.05, 0) is 52.1 Å². The summed E-state index contributed by atoms with van der Waals surface area (Å²) >= 11 is 0. The van der Waals surface area contributed by atoms with Gasteiger partial charge in [-0.15, -0.1) is 0 Å². The molecule has 1 spiro atoms. The molecule has 0 bridgehead atoms. The number of ether oxygens (including phenoxy) is 1. The van der Waals surface area contributed by atoms with Crippen molar-refractivity contribution in [3.63, 3.8) is 0 Å². The number of hydrogen-bond donors (Lipinski definition) is 1. The van der Waals surface area contributed by atoms with Gasteiger partial charge >= 0.3 is 0 Å². The van der Waals surface area contributed by atoms with Crippen molar-refractivity contribution in [1.29, 1.82) is 0 Å². The van der Waals surface area contributed by atoms with Crippen molar-refractivity contribution >= 4 is 0 Å². The van der Waals surface area contributed by atoms with Gasteiger partial charge in [-0.2, -0.15) is 0 Å². The Bertz CT molecular complexity index is 261. The number of nitrogens with one attached hydrogen (secondary N) is 1. The predicted octanol–water partition coefficient (Wildman–Crippen LogP) is 2.26. The molecule has 0 aromatic heterocycles. The second-order valence-corrected chi connectivity index (χ2v) is 6.85. The molecule has 1 aliphatic heterocycles. The molecule has 1 aliphatic carbocycles. The van der Waals surface area contributed by atoms with Gasteiger partial charge in [-0.25, -0.2) is 0 Å². The molecule has 3 nitrogen and oxygen atoms in total. The topological polar surface area (TPSA) is 24.5 Å². The van der Waals surface area contributed by atoms with E-state index in [1.165, 1.54) is 32.1 Å². The fourth-order valence-corrected chi connectivity index (χ4v) is 3.24. The molecule has 0 aromatic carbocycles. The van der Waals surface area contributed by atoms with Gasteiger partial charge in [-0.1, -0.05) is 13.8 Å². The monoisotopic (exact) mass is 254 g/mol. The average molecular weight is 254 g/mol. The number of hydrogen-bond acceptors (Lipinski definition) is 3. The van der Waals surface area contributed by atoms with Crippen molar-refractivity contribution in [3.8, 4) is 0 Å². The molecule has 0 radical (unpaired) electrons. The standard InChI is InChI=1S/C15H30N2O/c1-12(2)14(11-17(3)4)16-13-6-9-18-15(10-13)7-5-8-15/h12-14,16H,5-11H2,1-4H3. The molecule has 1 saturated carbocycles. The van der Waals surface area contributed by atoms with Crippen molar-refractivity contribution in [2.75, 3.05) is 27.2 Å². The van der Waals surface area contributed by atoms with E-state index in [4.69, 9.17) is 4.74 Å². The molecule has 3 heteroatoms. The molecule has 18 heavy (non-hydrogen) atoms. The fraction of sp³-hybridized carbons (Fsp3) is 1.00. The van der Waals surface area contributed by atoms with E-state index in [0.29, 0.717) is 18.0 Å². The minimum atomic E-state index is 0.259. The molecule has 2 fully saturated rings. The van der Waals surface area contributed by atoms with Gasteiger partial charge < -0.3 is 15.0 Å². The van der Waals surface area contributed by atoms with Gasteiger partial charge in [0, 0.05) is 25.2 Å². The molecule has 2 unspecified atom stereocenters. The molecule has 0 aromatic rings. The maximum atomic E-state index is 6.00. The number of likely N-dealkylation sites (N-methyl/N-ethyl adjacent to an activating group) is 1. The maximum absolute atomic E-state index is 6.00. The van der Waals surface area contributed by atoms with Crippen molar-refractivity contribution in [1.82, 2.24) is 10.2 Å². The summed E-state index contributed by atoms with van der Waals surface area (Å²) in [6.07, 6.45) is 6.33. The Morgan fingerprint density at radius 2 is 2.06 bits per heavy atom. The molecule has 1 N–H and O–H groups in total. The van der Waals surface area contributed by atoms with Crippen LogP contribution in [0, 0.1) is 5.92 Å². The van der Waals surface area contributed by atoms with Crippen LogP contribution in [-0.4, -0.2) is 49.8 Å². The second-order valence-electron chi connectivity index (χ2n) is 6.85. The number of rotatable bonds is 5. The van der Waals surface area contributed by atoms with E-state index < -0.39 is 0 Å². The van der Waals surface area contributed by atoms with Crippen molar-refractivity contribution in [3.05, 3.63) is 0 Å². The van der Waals surface area contributed by atoms with Crippen LogP contribution in [0.25, 0.3) is 0 Å². The lowest BCUT2D eigenvalue weighted by Crippen LogP contribution is -2.55. The summed E-state index contributed by atoms with van der Waals surface area (Å²) in [5.74, 6) is 0.688. The second kappa shape index (κ2) is 5.89. The van der Waals surface area contributed by atoms with Crippen LogP contribution in [0.5, 0.6) is 0 Å². The molecule has 1 saturated heterocycles. The summed E-state index contributed by atoms with van der Waals surface area (Å²) in [6.45, 7) is 6.71. The quantitative estimate of drug-likeness (QED) is 0.814. The van der Waals surface area contributed by atoms with Gasteiger partial charge in [0.25, 0.3) is 0 Å². The number of nitrogens with zero attached hydrogens (tertiary/aromatic N) is 1. The van der Waals surface area contributed by atoms with Crippen LogP contribution < -0.4 is 5.32 Å². The normalized spacial score (nSPS) is 28.7. The zero-order valence-corrected chi connectivity index (χ0v) is 12.5. The SMILES string of the molecule is CC(C)C(CN(C)C)NC1CCOC2(CCC2)C1. The first-order valence-corrected chi connectivity index (χ1v) is 7.55. The molecular weight excluding hydrogens is 224 g/mol. The van der Waals surface area contributed by atoms with Gasteiger partial charge in [0.15, 0.2) is 0 Å². The van der Waals surface area contributed by atoms with E-state index in [-0.39, 0.29) is 5.60 Å². The van der Waals surface area contributed by atoms with Crippen LogP contribution in [-0.2, 0) is 4.74 Å². The first kappa shape index (κ1) is 14.3. The zero-order valence-electron chi connectivity index (χ0n) is 12.5. The Labute approximate surface area is 112 Å². The summed E-state index contributed by atoms with van der Waals surface area (Å²) < 4.78 is 6.00. The van der Waals surface area contributed by atoms with Crippen LogP contribution in [0.1, 0.15) is 46.0 Å². The first-order valence-electron chi connectivity index (χ1n) is 7.55. The Kier molecular flexibility index (Phi) is 4.68. The average Bonchev–Trinajstić information content (AvgIpc) is 2.26. The van der Waals surface area contributed by atoms with Gasteiger partial charge in [0.2, 0.25) is 0 Å². The van der Waals surface area contributed by atoms with Crippen LogP contribution in [0.15, 0.2) is 0 Å². The van der Waals surface area contributed by atoms with E-state index in [1.807, 2.05) is 0 Å². The molecular formula is C15H30N2O. The molecule has 106 valence electrons. The fourth-order valence-electron chi connectivity index (χ4n) is 3.24. The van der Waals surface area contributed by atoms with Gasteiger partial charge in [0.1, 0.15) is 0 Å². The smallest absolute Gasteiger partial charge is 0.0697 e. The lowest BCUT2D eigenvalue weighted by molar-refractivity contribution is -0.136. The minimum Gasteiger partial charge on any atom is -0.375 e. The highest BCUT2D eigenvalue weighted by Gasteiger charge is 2.42. The lowest BCUT2D eigenvalue weighted by atomic mass is 9.73. The Balaban J connectivity index is 1.86. The van der Waals surface area contributed by atoms with Crippen LogP contribution in [0.2, 0.25) is 0 Å². The first-order chi connectivity index (χ1) is 8.51. The zero-order chi connectivity index (χ0) is 13.2. The van der Waals surface area contributed by atoms with E-state index in [1.54, 1.807) is 0 Å². The van der Waals surface area contributed by atoms with E-state index in [9.17, 15) is 0 Å². The van der Waals surface area contributed by atoms with Crippen molar-refractivity contribution in [2.24, 2.45) is 5.92 Å². The highest BCUT2D eigenvalue weighted by atomic mass is 16.5. The van der Waals surface area contributed by atoms with Gasteiger partial charge in [0.05, 0.1) is 5.60 Å². The van der Waals surface area contributed by atoms with E-state index >= 15 is 0 Å². The molecule has 2 atom stereocenters. The third-order valence-corrected chi connectivity index (χ3v) is 4.57. The third-order valence-electron chi connectivity index (χ3n) is 4.57. The van der Waals surface area contributed by atoms with Gasteiger partial charge in [-0.3, -0.25) is 0 Å². The third kappa shape index (κ3) is 3.46. The molecule has 1 heterocycles. The summed E-state index contributed by atoms with van der Waals surface area (Å²) in [6, 6.07) is 1.26. The van der Waals surface area contributed by atoms with Crippen LogP contribution in [0.3, 0.4) is 0 Å². The predicted molar refractivity (Wildman–Crippen MR) is 75.9 cm³/mol. The Morgan fingerprint density at radius 3 is 2.56 bits per heavy atom. The minimum absolute atomic E-state index is 0.259. The van der Waals surface area contributed by atoms with Crippen LogP contribution >= 0.6 is 0 Å². The summed E-state index contributed by atoms with van der Waals surface area (Å²) in [5.41, 5.74) is 0.259. The van der Waals surface area contributed by atoms with E-state index in [2.05, 4.69) is 38.2 Å². The van der Waals surface area contributed by atoms with Crippen LogP contribution in [0.4, 0.5) is 0 Å². The van der Waals surface area contributed by atoms with E-state index in [0.717, 1.165) is 13.2 Å². The van der Waals surface area contributed by atoms with Crippen molar-refractivity contribution < 1.29 is 4.74 Å². The molecule has 2 aliphatic rings. The molecule has 2 rings (SSSR count). The summed E-state index contributed by atoms with van der Waals surface area (Å²) in [7, 11) is 4.32. The maximum Gasteiger partial charge on any atom is 0.0697 e. The highest BCUT2D eigenvalue weighted by molar-refractivity contribution is 4.97. The largest absolute Gasteiger partial charge is 0.375 e. The summed E-state index contributed by atoms with van der Waals surface area (Å²) in [5, 5.41) is 3.89. The Morgan fingerprint density at radius 1 is 1.33 bits per heavy atom. The van der Waals surface area contributed by atoms with Crippen molar-refractivity contribution in [2.45, 2.75) is 63.6 Å². The Hall–Kier alpha value is -0.120. The lowest BCUT2D eigenvalue weighted by Gasteiger charge is -2.48. The molecule has 0 amide bonds. The highest BCUT2D eigenvalue weighted by Crippen LogP contribution is 2.42. The summed E-state index contributed by atoms with van der Waals surface area (Å²) in [4.78, 5) is 2.29.